The quantitative estimate of drug-likeness (QED) is 0.271. The van der Waals surface area contributed by atoms with Gasteiger partial charge in [0.1, 0.15) is 17.9 Å². The van der Waals surface area contributed by atoms with E-state index in [4.69, 9.17) is 4.74 Å². The minimum Gasteiger partial charge on any atom is -0.482 e. The molecule has 0 spiro atoms. The van der Waals surface area contributed by atoms with Crippen LogP contribution in [0.15, 0.2) is 35.6 Å². The van der Waals surface area contributed by atoms with Crippen molar-refractivity contribution in [1.82, 2.24) is 25.4 Å². The third-order valence-corrected chi connectivity index (χ3v) is 5.03. The van der Waals surface area contributed by atoms with Crippen molar-refractivity contribution in [2.75, 3.05) is 31.6 Å². The third kappa shape index (κ3) is 4.98. The van der Waals surface area contributed by atoms with Crippen LogP contribution in [0, 0.1) is 0 Å². The molecule has 0 saturated carbocycles. The molecule has 2 N–H and O–H groups in total. The summed E-state index contributed by atoms with van der Waals surface area (Å²) in [6.45, 7) is 2.23. The van der Waals surface area contributed by atoms with Gasteiger partial charge in [-0.1, -0.05) is 12.1 Å². The summed E-state index contributed by atoms with van der Waals surface area (Å²) in [7, 11) is 1.76. The number of ether oxygens (including phenoxy) is 1. The maximum absolute atomic E-state index is 12.2. The SMILES string of the molecule is CN=C(NCCCN1C(=O)COc2ccccc21)NC1CCc2ncnn2C1.I. The summed E-state index contributed by atoms with van der Waals surface area (Å²) in [6.07, 6.45) is 4.32. The van der Waals surface area contributed by atoms with E-state index in [2.05, 4.69) is 25.7 Å². The van der Waals surface area contributed by atoms with E-state index >= 15 is 0 Å². The molecule has 1 atom stereocenters. The number of benzene rings is 1. The first-order valence-electron chi connectivity index (χ1n) is 9.60. The lowest BCUT2D eigenvalue weighted by Crippen LogP contribution is -2.47. The molecule has 0 fully saturated rings. The first-order valence-corrected chi connectivity index (χ1v) is 9.60. The highest BCUT2D eigenvalue weighted by molar-refractivity contribution is 14.0. The second kappa shape index (κ2) is 9.90. The zero-order valence-electron chi connectivity index (χ0n) is 16.4. The van der Waals surface area contributed by atoms with Gasteiger partial charge in [-0.05, 0) is 25.0 Å². The van der Waals surface area contributed by atoms with Crippen molar-refractivity contribution in [3.05, 3.63) is 36.4 Å². The van der Waals surface area contributed by atoms with Crippen molar-refractivity contribution >= 4 is 41.5 Å². The van der Waals surface area contributed by atoms with Gasteiger partial charge >= 0.3 is 0 Å². The van der Waals surface area contributed by atoms with Gasteiger partial charge in [-0.3, -0.25) is 9.79 Å². The highest BCUT2D eigenvalue weighted by Gasteiger charge is 2.24. The molecular formula is C19H26IN7O2. The Hall–Kier alpha value is -2.37. The summed E-state index contributed by atoms with van der Waals surface area (Å²) in [4.78, 5) is 22.6. The molecule has 1 aromatic heterocycles. The van der Waals surface area contributed by atoms with Crippen molar-refractivity contribution in [3.8, 4) is 5.75 Å². The van der Waals surface area contributed by atoms with Gasteiger partial charge < -0.3 is 20.3 Å². The molecule has 9 nitrogen and oxygen atoms in total. The number of aromatic nitrogens is 3. The fourth-order valence-electron chi connectivity index (χ4n) is 3.59. The number of nitrogens with one attached hydrogen (secondary N) is 2. The minimum absolute atomic E-state index is 0. The minimum atomic E-state index is -0.00736. The fourth-order valence-corrected chi connectivity index (χ4v) is 3.59. The van der Waals surface area contributed by atoms with Crippen LogP contribution in [0.4, 0.5) is 5.69 Å². The molecule has 2 aromatic rings. The molecule has 0 saturated heterocycles. The second-order valence-electron chi connectivity index (χ2n) is 6.89. The Labute approximate surface area is 186 Å². The van der Waals surface area contributed by atoms with E-state index in [-0.39, 0.29) is 42.5 Å². The molecule has 3 heterocycles. The Balaban J connectivity index is 0.00000240. The number of amides is 1. The van der Waals surface area contributed by atoms with Gasteiger partial charge in [0.15, 0.2) is 12.6 Å². The van der Waals surface area contributed by atoms with Crippen LogP contribution in [0.2, 0.25) is 0 Å². The van der Waals surface area contributed by atoms with E-state index in [1.807, 2.05) is 28.9 Å². The van der Waals surface area contributed by atoms with E-state index in [9.17, 15) is 4.79 Å². The Morgan fingerprint density at radius 3 is 3.10 bits per heavy atom. The summed E-state index contributed by atoms with van der Waals surface area (Å²) < 4.78 is 7.42. The monoisotopic (exact) mass is 511 g/mol. The third-order valence-electron chi connectivity index (χ3n) is 5.03. The number of rotatable bonds is 5. The van der Waals surface area contributed by atoms with E-state index in [0.29, 0.717) is 13.1 Å². The second-order valence-corrected chi connectivity index (χ2v) is 6.89. The van der Waals surface area contributed by atoms with E-state index < -0.39 is 0 Å². The molecule has 2 aliphatic heterocycles. The molecule has 1 amide bonds. The van der Waals surface area contributed by atoms with E-state index in [1.165, 1.54) is 0 Å². The number of halogens is 1. The zero-order chi connectivity index (χ0) is 19.3. The van der Waals surface area contributed by atoms with Crippen molar-refractivity contribution < 1.29 is 9.53 Å². The molecule has 1 unspecified atom stereocenters. The Morgan fingerprint density at radius 2 is 2.24 bits per heavy atom. The number of para-hydroxylation sites is 2. The number of fused-ring (bicyclic) bond motifs is 2. The summed E-state index contributed by atoms with van der Waals surface area (Å²) in [5.74, 6) is 2.56. The van der Waals surface area contributed by atoms with Crippen LogP contribution >= 0.6 is 24.0 Å². The van der Waals surface area contributed by atoms with Crippen LogP contribution in [0.3, 0.4) is 0 Å². The molecule has 2 aliphatic rings. The van der Waals surface area contributed by atoms with Crippen LogP contribution < -0.4 is 20.3 Å². The number of anilines is 1. The van der Waals surface area contributed by atoms with Crippen LogP contribution in [0.1, 0.15) is 18.7 Å². The first kappa shape index (κ1) is 21.3. The Bertz CT molecular complexity index is 870. The molecule has 0 aliphatic carbocycles. The number of nitrogens with zero attached hydrogens (tertiary/aromatic N) is 5. The molecule has 4 rings (SSSR count). The summed E-state index contributed by atoms with van der Waals surface area (Å²) >= 11 is 0. The molecule has 156 valence electrons. The topological polar surface area (TPSA) is 96.7 Å². The number of aliphatic imine (C=N–C) groups is 1. The molecule has 1 aromatic carbocycles. The average Bonchev–Trinajstić information content (AvgIpc) is 3.19. The lowest BCUT2D eigenvalue weighted by Gasteiger charge is -2.29. The number of carbonyl (C=O) groups is 1. The number of hydrogen-bond acceptors (Lipinski definition) is 5. The maximum atomic E-state index is 12.2. The molecule has 0 bridgehead atoms. The van der Waals surface area contributed by atoms with Gasteiger partial charge in [-0.25, -0.2) is 9.67 Å². The van der Waals surface area contributed by atoms with Crippen molar-refractivity contribution in [2.45, 2.75) is 31.8 Å². The number of hydrogen-bond donors (Lipinski definition) is 2. The maximum Gasteiger partial charge on any atom is 0.265 e. The van der Waals surface area contributed by atoms with Gasteiger partial charge in [0.05, 0.1) is 12.2 Å². The normalized spacial score (nSPS) is 18.2. The fraction of sp³-hybridized carbons (Fsp3) is 0.474. The lowest BCUT2D eigenvalue weighted by atomic mass is 10.1. The lowest BCUT2D eigenvalue weighted by molar-refractivity contribution is -0.121. The molecule has 0 radical (unpaired) electrons. The number of aryl methyl sites for hydroxylation is 1. The van der Waals surface area contributed by atoms with Crippen molar-refractivity contribution in [3.63, 3.8) is 0 Å². The van der Waals surface area contributed by atoms with Gasteiger partial charge in [-0.15, -0.1) is 24.0 Å². The predicted octanol–water partition coefficient (Wildman–Crippen LogP) is 1.19. The van der Waals surface area contributed by atoms with Crippen LogP contribution in [0.25, 0.3) is 0 Å². The number of guanidine groups is 1. The molecular weight excluding hydrogens is 485 g/mol. The summed E-state index contributed by atoms with van der Waals surface area (Å²) in [6, 6.07) is 7.92. The van der Waals surface area contributed by atoms with Crippen molar-refractivity contribution in [2.24, 2.45) is 4.99 Å². The van der Waals surface area contributed by atoms with Crippen LogP contribution in [-0.2, 0) is 17.8 Å². The zero-order valence-corrected chi connectivity index (χ0v) is 18.7. The standard InChI is InChI=1S/C19H25N7O2.HI/c1-20-19(24-14-7-8-17-22-13-23-26(17)11-14)21-9-4-10-25-15-5-2-3-6-16(15)28-12-18(25)27;/h2-3,5-6,13-14H,4,7-12H2,1H3,(H2,20,21,24);1H. The van der Waals surface area contributed by atoms with Crippen molar-refractivity contribution in [1.29, 1.82) is 0 Å². The first-order chi connectivity index (χ1) is 13.7. The van der Waals surface area contributed by atoms with Crippen LogP contribution in [0.5, 0.6) is 5.75 Å². The molecule has 10 heteroatoms. The van der Waals surface area contributed by atoms with E-state index in [0.717, 1.165) is 49.0 Å². The van der Waals surface area contributed by atoms with Gasteiger partial charge in [0, 0.05) is 32.6 Å². The van der Waals surface area contributed by atoms with Gasteiger partial charge in [-0.2, -0.15) is 5.10 Å². The van der Waals surface area contributed by atoms with Crippen LogP contribution in [-0.4, -0.2) is 59.4 Å². The highest BCUT2D eigenvalue weighted by Crippen LogP contribution is 2.31. The number of carbonyl (C=O) groups excluding carboxylic acids is 1. The molecule has 29 heavy (non-hydrogen) atoms. The summed E-state index contributed by atoms with van der Waals surface area (Å²) in [5, 5.41) is 11.0. The van der Waals surface area contributed by atoms with Gasteiger partial charge in [0.25, 0.3) is 5.91 Å². The Kier molecular flexibility index (Phi) is 7.29. The largest absolute Gasteiger partial charge is 0.482 e. The van der Waals surface area contributed by atoms with E-state index in [1.54, 1.807) is 18.3 Å². The van der Waals surface area contributed by atoms with Gasteiger partial charge in [0.2, 0.25) is 0 Å². The Morgan fingerprint density at radius 1 is 1.38 bits per heavy atom. The smallest absolute Gasteiger partial charge is 0.265 e. The summed E-state index contributed by atoms with van der Waals surface area (Å²) in [5.41, 5.74) is 0.840. The predicted molar refractivity (Wildman–Crippen MR) is 121 cm³/mol. The average molecular weight is 511 g/mol. The highest BCUT2D eigenvalue weighted by atomic mass is 127.